The first-order valence-corrected chi connectivity index (χ1v) is 12.2. The molecule has 2 heterocycles. The molecule has 7 nitrogen and oxygen atoms in total. The predicted molar refractivity (Wildman–Crippen MR) is 138 cm³/mol. The van der Waals surface area contributed by atoms with Gasteiger partial charge in [-0.25, -0.2) is 9.78 Å². The predicted octanol–water partition coefficient (Wildman–Crippen LogP) is 5.73. The van der Waals surface area contributed by atoms with E-state index in [-0.39, 0.29) is 17.6 Å². The number of aryl methyl sites for hydroxylation is 3. The number of aromatic nitrogens is 2. The van der Waals surface area contributed by atoms with Crippen LogP contribution in [0.2, 0.25) is 5.15 Å². The number of carbonyl (C=O) groups excluding carboxylic acids is 1. The van der Waals surface area contributed by atoms with Gasteiger partial charge in [-0.15, -0.1) is 0 Å². The molecule has 8 heteroatoms. The van der Waals surface area contributed by atoms with Gasteiger partial charge in [0.1, 0.15) is 5.56 Å². The summed E-state index contributed by atoms with van der Waals surface area (Å²) in [5.41, 5.74) is 1.45. The summed E-state index contributed by atoms with van der Waals surface area (Å²) in [7, 11) is 1.64. The molecule has 0 aliphatic carbocycles. The van der Waals surface area contributed by atoms with Crippen molar-refractivity contribution in [2.24, 2.45) is 5.92 Å². The minimum Gasteiger partial charge on any atom is -0.490 e. The Morgan fingerprint density at radius 2 is 1.85 bits per heavy atom. The van der Waals surface area contributed by atoms with Gasteiger partial charge in [0.25, 0.3) is 0 Å². The van der Waals surface area contributed by atoms with Crippen molar-refractivity contribution in [3.05, 3.63) is 56.7 Å². The van der Waals surface area contributed by atoms with E-state index in [1.807, 2.05) is 26.8 Å². The van der Waals surface area contributed by atoms with E-state index >= 15 is 0 Å². The van der Waals surface area contributed by atoms with E-state index in [2.05, 4.69) is 25.8 Å². The lowest BCUT2D eigenvalue weighted by molar-refractivity contribution is 0.0523. The van der Waals surface area contributed by atoms with Gasteiger partial charge in [-0.2, -0.15) is 0 Å². The minimum absolute atomic E-state index is 0.0254. The minimum atomic E-state index is -0.613. The molecule has 0 aliphatic heterocycles. The van der Waals surface area contributed by atoms with E-state index in [0.29, 0.717) is 37.1 Å². The summed E-state index contributed by atoms with van der Waals surface area (Å²) >= 11 is 6.18. The molecular weight excluding hydrogens is 456 g/mol. The Morgan fingerprint density at radius 3 is 2.44 bits per heavy atom. The maximum Gasteiger partial charge on any atom is 0.343 e. The third kappa shape index (κ3) is 12.2. The van der Waals surface area contributed by atoms with Gasteiger partial charge in [-0.05, 0) is 37.8 Å². The molecule has 0 unspecified atom stereocenters. The monoisotopic (exact) mass is 496 g/mol. The molecule has 2 rings (SSSR count). The second-order valence-corrected chi connectivity index (χ2v) is 8.24. The van der Waals surface area contributed by atoms with Crippen molar-refractivity contribution in [2.75, 3.05) is 26.9 Å². The largest absolute Gasteiger partial charge is 0.490 e. The third-order valence-corrected chi connectivity index (χ3v) is 4.37. The summed E-state index contributed by atoms with van der Waals surface area (Å²) in [6, 6.07) is 3.25. The number of hydrogen-bond donors (Lipinski definition) is 0. The van der Waals surface area contributed by atoms with Crippen LogP contribution in [0.25, 0.3) is 0 Å². The number of carbonyl (C=O) groups is 1. The van der Waals surface area contributed by atoms with Crippen molar-refractivity contribution >= 4 is 17.6 Å². The van der Waals surface area contributed by atoms with Crippen LogP contribution in [0.3, 0.4) is 0 Å². The highest BCUT2D eigenvalue weighted by atomic mass is 35.5. The molecule has 192 valence electrons. The third-order valence-electron chi connectivity index (χ3n) is 4.10. The van der Waals surface area contributed by atoms with Crippen LogP contribution in [0.4, 0.5) is 0 Å². The Morgan fingerprint density at radius 1 is 1.21 bits per heavy atom. The van der Waals surface area contributed by atoms with Crippen molar-refractivity contribution in [2.45, 2.75) is 67.9 Å². The van der Waals surface area contributed by atoms with Crippen molar-refractivity contribution in [1.82, 2.24) is 9.55 Å². The molecule has 0 saturated carbocycles. The van der Waals surface area contributed by atoms with Crippen LogP contribution in [0.1, 0.15) is 69.6 Å². The van der Waals surface area contributed by atoms with Crippen molar-refractivity contribution in [1.29, 1.82) is 0 Å². The van der Waals surface area contributed by atoms with Gasteiger partial charge < -0.3 is 18.8 Å². The van der Waals surface area contributed by atoms with Gasteiger partial charge in [0.05, 0.1) is 13.2 Å². The molecule has 0 aliphatic rings. The summed E-state index contributed by atoms with van der Waals surface area (Å²) in [5, 5.41) is 0.326. The molecule has 0 atom stereocenters. The molecular formula is C26H41ClN2O5. The number of esters is 1. The van der Waals surface area contributed by atoms with Crippen LogP contribution in [-0.2, 0) is 22.4 Å². The zero-order valence-electron chi connectivity index (χ0n) is 21.9. The van der Waals surface area contributed by atoms with E-state index in [1.54, 1.807) is 24.8 Å². The molecule has 0 spiro atoms. The van der Waals surface area contributed by atoms with Crippen LogP contribution in [0.15, 0.2) is 29.3 Å². The fraction of sp³-hybridized carbons (Fsp3) is 0.577. The number of halogens is 1. The Balaban J connectivity index is 0.00000164. The molecule has 0 aromatic carbocycles. The van der Waals surface area contributed by atoms with Crippen LogP contribution in [0, 0.1) is 12.8 Å². The maximum absolute atomic E-state index is 11.9. The first-order valence-electron chi connectivity index (χ1n) is 11.8. The SMILES string of the molecule is CC.CC(C)C.CCOC(=O)c1cn(CCc2cc(OCCCOC)c(Cl)nc2C)ccc1=O. The highest BCUT2D eigenvalue weighted by Gasteiger charge is 2.13. The van der Waals surface area contributed by atoms with Crippen LogP contribution >= 0.6 is 11.6 Å². The van der Waals surface area contributed by atoms with Crippen molar-refractivity contribution in [3.8, 4) is 5.75 Å². The summed E-state index contributed by atoms with van der Waals surface area (Å²) in [5.74, 6) is 0.753. The van der Waals surface area contributed by atoms with E-state index in [9.17, 15) is 9.59 Å². The van der Waals surface area contributed by atoms with Crippen LogP contribution < -0.4 is 10.2 Å². The van der Waals surface area contributed by atoms with E-state index in [1.165, 1.54) is 12.3 Å². The normalized spacial score (nSPS) is 10.1. The number of hydrogen-bond acceptors (Lipinski definition) is 6. The lowest BCUT2D eigenvalue weighted by Crippen LogP contribution is -2.19. The molecule has 2 aromatic rings. The zero-order valence-corrected chi connectivity index (χ0v) is 22.7. The van der Waals surface area contributed by atoms with Crippen LogP contribution in [-0.4, -0.2) is 42.5 Å². The number of ether oxygens (including phenoxy) is 3. The summed E-state index contributed by atoms with van der Waals surface area (Å²) in [6.07, 6.45) is 4.55. The Kier molecular flexibility index (Phi) is 16.8. The first kappa shape index (κ1) is 31.6. The van der Waals surface area contributed by atoms with E-state index in [0.717, 1.165) is 23.6 Å². The van der Waals surface area contributed by atoms with E-state index < -0.39 is 5.97 Å². The quantitative estimate of drug-likeness (QED) is 0.237. The number of methoxy groups -OCH3 is 1. The fourth-order valence-electron chi connectivity index (χ4n) is 2.61. The van der Waals surface area contributed by atoms with Gasteiger partial charge in [-0.3, -0.25) is 4.79 Å². The Bertz CT molecular complexity index is 910. The van der Waals surface area contributed by atoms with Gasteiger partial charge in [-0.1, -0.05) is 46.2 Å². The highest BCUT2D eigenvalue weighted by molar-refractivity contribution is 6.30. The Labute approximate surface area is 209 Å². The van der Waals surface area contributed by atoms with Crippen molar-refractivity contribution in [3.63, 3.8) is 0 Å². The van der Waals surface area contributed by atoms with Crippen LogP contribution in [0.5, 0.6) is 5.75 Å². The van der Waals surface area contributed by atoms with Gasteiger partial charge in [0.15, 0.2) is 16.3 Å². The van der Waals surface area contributed by atoms with Gasteiger partial charge >= 0.3 is 5.97 Å². The molecule has 0 bridgehead atoms. The highest BCUT2D eigenvalue weighted by Crippen LogP contribution is 2.25. The lowest BCUT2D eigenvalue weighted by atomic mass is 10.1. The molecule has 0 N–H and O–H groups in total. The number of rotatable bonds is 10. The molecule has 0 radical (unpaired) electrons. The Hall–Kier alpha value is -2.38. The topological polar surface area (TPSA) is 79.7 Å². The smallest absolute Gasteiger partial charge is 0.343 e. The molecule has 0 amide bonds. The first-order chi connectivity index (χ1) is 16.2. The fourth-order valence-corrected chi connectivity index (χ4v) is 2.85. The average Bonchev–Trinajstić information content (AvgIpc) is 2.79. The van der Waals surface area contributed by atoms with Gasteiger partial charge in [0.2, 0.25) is 0 Å². The number of pyridine rings is 2. The lowest BCUT2D eigenvalue weighted by Gasteiger charge is -2.13. The number of nitrogens with zero attached hydrogens (tertiary/aromatic N) is 2. The second-order valence-electron chi connectivity index (χ2n) is 7.88. The molecule has 2 aromatic heterocycles. The summed E-state index contributed by atoms with van der Waals surface area (Å²) in [4.78, 5) is 28.1. The molecule has 0 saturated heterocycles. The summed E-state index contributed by atoms with van der Waals surface area (Å²) < 4.78 is 17.4. The molecule has 0 fully saturated rings. The van der Waals surface area contributed by atoms with E-state index in [4.69, 9.17) is 25.8 Å². The maximum atomic E-state index is 11.9. The van der Waals surface area contributed by atoms with Gasteiger partial charge in [0, 0.05) is 50.8 Å². The zero-order chi connectivity index (χ0) is 26.1. The second kappa shape index (κ2) is 18.0. The molecule has 34 heavy (non-hydrogen) atoms. The summed E-state index contributed by atoms with van der Waals surface area (Å²) in [6.45, 7) is 15.9. The average molecular weight is 497 g/mol. The standard InChI is InChI=1S/C20H25ClN2O5.C4H10.C2H6/c1-4-27-20(25)16-13-23(9-7-17(16)24)8-6-15-12-18(19(21)22-14(15)2)28-11-5-10-26-3;1-4(2)3;1-2/h7,9,12-13H,4-6,8,10-11H2,1-3H3;4H,1-3H3;1-2H3. The van der Waals surface area contributed by atoms with Crippen molar-refractivity contribution < 1.29 is 19.0 Å².